The zero-order chi connectivity index (χ0) is 17.2. The van der Waals surface area contributed by atoms with Gasteiger partial charge in [0, 0.05) is 17.6 Å². The molecule has 0 atom stereocenters. The maximum absolute atomic E-state index is 4.55. The van der Waals surface area contributed by atoms with Gasteiger partial charge in [0.1, 0.15) is 0 Å². The standard InChI is InChI=1S/C22H28N2/c1-4-6-7-8-19-9-11-20(12-10-19)17-23-21-13-15-22(16-14-21)24-18(3)5-2/h5,9-17,24H,4,6-8H2,1-3H3/b18-5-,23-17?. The molecule has 2 aromatic carbocycles. The number of hydrogen-bond acceptors (Lipinski definition) is 2. The van der Waals surface area contributed by atoms with Crippen LogP contribution < -0.4 is 5.32 Å². The van der Waals surface area contributed by atoms with E-state index in [0.29, 0.717) is 0 Å². The highest BCUT2D eigenvalue weighted by molar-refractivity contribution is 5.82. The van der Waals surface area contributed by atoms with Gasteiger partial charge in [-0.1, -0.05) is 50.1 Å². The molecule has 0 spiro atoms. The van der Waals surface area contributed by atoms with Gasteiger partial charge in [-0.3, -0.25) is 4.99 Å². The van der Waals surface area contributed by atoms with Crippen molar-refractivity contribution in [1.82, 2.24) is 0 Å². The minimum atomic E-state index is 0.964. The molecule has 2 aromatic rings. The molecule has 0 aliphatic heterocycles. The van der Waals surface area contributed by atoms with Crippen molar-refractivity contribution >= 4 is 17.6 Å². The molecule has 0 aromatic heterocycles. The third kappa shape index (κ3) is 6.04. The number of anilines is 1. The Hall–Kier alpha value is -2.35. The lowest BCUT2D eigenvalue weighted by atomic mass is 10.1. The van der Waals surface area contributed by atoms with E-state index >= 15 is 0 Å². The van der Waals surface area contributed by atoms with Crippen LogP contribution in [0.5, 0.6) is 0 Å². The van der Waals surface area contributed by atoms with Gasteiger partial charge in [0.15, 0.2) is 0 Å². The van der Waals surface area contributed by atoms with Gasteiger partial charge in [-0.05, 0) is 62.1 Å². The summed E-state index contributed by atoms with van der Waals surface area (Å²) >= 11 is 0. The Labute approximate surface area is 146 Å². The van der Waals surface area contributed by atoms with E-state index in [1.54, 1.807) is 0 Å². The lowest BCUT2D eigenvalue weighted by Crippen LogP contribution is -1.93. The van der Waals surface area contributed by atoms with E-state index in [1.165, 1.54) is 31.2 Å². The number of nitrogens with one attached hydrogen (secondary N) is 1. The monoisotopic (exact) mass is 320 g/mol. The normalized spacial score (nSPS) is 11.9. The van der Waals surface area contributed by atoms with Crippen LogP contribution >= 0.6 is 0 Å². The fourth-order valence-electron chi connectivity index (χ4n) is 2.43. The number of allylic oxidation sites excluding steroid dienone is 2. The predicted octanol–water partition coefficient (Wildman–Crippen LogP) is 6.51. The van der Waals surface area contributed by atoms with Crippen molar-refractivity contribution in [2.45, 2.75) is 46.5 Å². The number of aliphatic imine (C=N–C) groups is 1. The van der Waals surface area contributed by atoms with E-state index in [1.807, 2.05) is 25.3 Å². The Morgan fingerprint density at radius 2 is 1.71 bits per heavy atom. The first-order valence-corrected chi connectivity index (χ1v) is 8.84. The van der Waals surface area contributed by atoms with Gasteiger partial charge in [0.2, 0.25) is 0 Å². The van der Waals surface area contributed by atoms with Crippen LogP contribution in [-0.4, -0.2) is 6.21 Å². The van der Waals surface area contributed by atoms with Crippen molar-refractivity contribution in [2.24, 2.45) is 4.99 Å². The zero-order valence-electron chi connectivity index (χ0n) is 15.0. The van der Waals surface area contributed by atoms with Gasteiger partial charge >= 0.3 is 0 Å². The molecule has 1 N–H and O–H groups in total. The Bertz CT molecular complexity index is 664. The summed E-state index contributed by atoms with van der Waals surface area (Å²) in [5, 5.41) is 3.33. The number of hydrogen-bond donors (Lipinski definition) is 1. The van der Waals surface area contributed by atoms with Crippen molar-refractivity contribution in [2.75, 3.05) is 5.32 Å². The number of unbranched alkanes of at least 4 members (excludes halogenated alkanes) is 2. The van der Waals surface area contributed by atoms with Crippen LogP contribution in [0.25, 0.3) is 0 Å². The third-order valence-corrected chi connectivity index (χ3v) is 4.05. The first kappa shape index (κ1) is 18.0. The van der Waals surface area contributed by atoms with E-state index in [0.717, 1.165) is 22.6 Å². The topological polar surface area (TPSA) is 24.4 Å². The number of rotatable bonds is 8. The highest BCUT2D eigenvalue weighted by Crippen LogP contribution is 2.17. The molecule has 2 nitrogen and oxygen atoms in total. The molecule has 0 heterocycles. The van der Waals surface area contributed by atoms with Crippen molar-refractivity contribution < 1.29 is 0 Å². The number of aryl methyl sites for hydroxylation is 1. The molecule has 2 heteroatoms. The molecular formula is C22H28N2. The highest BCUT2D eigenvalue weighted by Gasteiger charge is 1.95. The minimum absolute atomic E-state index is 0.964. The lowest BCUT2D eigenvalue weighted by Gasteiger charge is -2.05. The molecule has 126 valence electrons. The summed E-state index contributed by atoms with van der Waals surface area (Å²) < 4.78 is 0. The molecule has 0 bridgehead atoms. The molecule has 0 fully saturated rings. The first-order chi connectivity index (χ1) is 11.7. The van der Waals surface area contributed by atoms with Crippen LogP contribution in [0, 0.1) is 0 Å². The SMILES string of the molecule is C/C=C(/C)Nc1ccc(N=Cc2ccc(CCCCC)cc2)cc1. The van der Waals surface area contributed by atoms with Crippen LogP contribution in [0.1, 0.15) is 51.2 Å². The van der Waals surface area contributed by atoms with E-state index < -0.39 is 0 Å². The molecule has 24 heavy (non-hydrogen) atoms. The molecule has 0 saturated carbocycles. The zero-order valence-corrected chi connectivity index (χ0v) is 15.0. The molecule has 0 saturated heterocycles. The van der Waals surface area contributed by atoms with E-state index in [2.05, 4.69) is 66.6 Å². The predicted molar refractivity (Wildman–Crippen MR) is 106 cm³/mol. The van der Waals surface area contributed by atoms with Crippen LogP contribution in [-0.2, 0) is 6.42 Å². The molecule has 0 aliphatic carbocycles. The second-order valence-electron chi connectivity index (χ2n) is 6.10. The van der Waals surface area contributed by atoms with Crippen LogP contribution in [0.4, 0.5) is 11.4 Å². The van der Waals surface area contributed by atoms with E-state index in [-0.39, 0.29) is 0 Å². The van der Waals surface area contributed by atoms with Gasteiger partial charge in [-0.2, -0.15) is 0 Å². The first-order valence-electron chi connectivity index (χ1n) is 8.84. The Morgan fingerprint density at radius 3 is 2.33 bits per heavy atom. The summed E-state index contributed by atoms with van der Waals surface area (Å²) in [7, 11) is 0. The third-order valence-electron chi connectivity index (χ3n) is 4.05. The second kappa shape index (κ2) is 9.71. The number of nitrogens with zero attached hydrogens (tertiary/aromatic N) is 1. The van der Waals surface area contributed by atoms with Gasteiger partial charge in [-0.15, -0.1) is 0 Å². The van der Waals surface area contributed by atoms with Crippen molar-refractivity contribution in [3.8, 4) is 0 Å². The molecule has 0 amide bonds. The van der Waals surface area contributed by atoms with Crippen LogP contribution in [0.2, 0.25) is 0 Å². The molecule has 2 rings (SSSR count). The summed E-state index contributed by atoms with van der Waals surface area (Å²) in [6.07, 6.45) is 9.00. The van der Waals surface area contributed by atoms with Crippen molar-refractivity contribution in [3.63, 3.8) is 0 Å². The van der Waals surface area contributed by atoms with Gasteiger partial charge in [0.05, 0.1) is 5.69 Å². The minimum Gasteiger partial charge on any atom is -0.359 e. The summed E-state index contributed by atoms with van der Waals surface area (Å²) in [5.41, 5.74) is 5.74. The molecule has 0 aliphatic rings. The maximum Gasteiger partial charge on any atom is 0.0631 e. The Kier molecular flexibility index (Phi) is 7.28. The van der Waals surface area contributed by atoms with Gasteiger partial charge in [-0.25, -0.2) is 0 Å². The molecule has 0 unspecified atom stereocenters. The average Bonchev–Trinajstić information content (AvgIpc) is 2.62. The fourth-order valence-corrected chi connectivity index (χ4v) is 2.43. The smallest absolute Gasteiger partial charge is 0.0631 e. The summed E-state index contributed by atoms with van der Waals surface area (Å²) in [4.78, 5) is 4.55. The summed E-state index contributed by atoms with van der Waals surface area (Å²) in [6.45, 7) is 6.32. The lowest BCUT2D eigenvalue weighted by molar-refractivity contribution is 0.717. The largest absolute Gasteiger partial charge is 0.359 e. The average molecular weight is 320 g/mol. The highest BCUT2D eigenvalue weighted by atomic mass is 14.9. The van der Waals surface area contributed by atoms with Gasteiger partial charge in [0.25, 0.3) is 0 Å². The molecular weight excluding hydrogens is 292 g/mol. The van der Waals surface area contributed by atoms with Crippen LogP contribution in [0.3, 0.4) is 0 Å². The maximum atomic E-state index is 4.55. The van der Waals surface area contributed by atoms with Crippen molar-refractivity contribution in [1.29, 1.82) is 0 Å². The quantitative estimate of drug-likeness (QED) is 0.435. The fraction of sp³-hybridized carbons (Fsp3) is 0.318. The van der Waals surface area contributed by atoms with E-state index in [9.17, 15) is 0 Å². The Balaban J connectivity index is 1.92. The molecule has 0 radical (unpaired) electrons. The van der Waals surface area contributed by atoms with Crippen LogP contribution in [0.15, 0.2) is 65.3 Å². The van der Waals surface area contributed by atoms with Gasteiger partial charge < -0.3 is 5.32 Å². The summed E-state index contributed by atoms with van der Waals surface area (Å²) in [5.74, 6) is 0. The number of benzene rings is 2. The van der Waals surface area contributed by atoms with E-state index in [4.69, 9.17) is 0 Å². The second-order valence-corrected chi connectivity index (χ2v) is 6.10. The Morgan fingerprint density at radius 1 is 1.00 bits per heavy atom. The van der Waals surface area contributed by atoms with Crippen molar-refractivity contribution in [3.05, 3.63) is 71.4 Å². The summed E-state index contributed by atoms with van der Waals surface area (Å²) in [6, 6.07) is 16.9.